The summed E-state index contributed by atoms with van der Waals surface area (Å²) in [7, 11) is 0. The number of nitrogens with zero attached hydrogens (tertiary/aromatic N) is 1. The number of rotatable bonds is 0. The van der Waals surface area contributed by atoms with Crippen LogP contribution in [0.3, 0.4) is 0 Å². The van der Waals surface area contributed by atoms with Crippen molar-refractivity contribution in [3.8, 4) is 0 Å². The van der Waals surface area contributed by atoms with Crippen LogP contribution in [-0.2, 0) is 0 Å². The van der Waals surface area contributed by atoms with Crippen LogP contribution in [0, 0.1) is 6.92 Å². The summed E-state index contributed by atoms with van der Waals surface area (Å²) < 4.78 is 0.759. The summed E-state index contributed by atoms with van der Waals surface area (Å²) >= 11 is 3.17. The summed E-state index contributed by atoms with van der Waals surface area (Å²) in [5.41, 5.74) is 5.35. The second-order valence-corrected chi connectivity index (χ2v) is 2.31. The minimum atomic E-state index is 0.516. The molecule has 0 aliphatic heterocycles. The van der Waals surface area contributed by atoms with E-state index < -0.39 is 0 Å². The topological polar surface area (TPSA) is 54.7 Å². The van der Waals surface area contributed by atoms with Crippen molar-refractivity contribution in [3.63, 3.8) is 0 Å². The fourth-order valence-electron chi connectivity index (χ4n) is 0.481. The predicted molar refractivity (Wildman–Crippen MR) is 35.4 cm³/mol. The SMILES string of the molecule is Cc1nc(N)c(Br)[nH]1. The third kappa shape index (κ3) is 0.838. The van der Waals surface area contributed by atoms with Gasteiger partial charge in [0.25, 0.3) is 0 Å². The minimum absolute atomic E-state index is 0.516. The lowest BCUT2D eigenvalue weighted by molar-refractivity contribution is 1.14. The molecule has 0 bridgehead atoms. The molecular formula is C4H6BrN3. The Morgan fingerprint density at radius 2 is 2.38 bits per heavy atom. The van der Waals surface area contributed by atoms with Crippen LogP contribution in [0.5, 0.6) is 0 Å². The molecule has 3 N–H and O–H groups in total. The van der Waals surface area contributed by atoms with Crippen molar-refractivity contribution in [1.29, 1.82) is 0 Å². The molecular weight excluding hydrogens is 170 g/mol. The van der Waals surface area contributed by atoms with E-state index in [0.717, 1.165) is 10.4 Å². The van der Waals surface area contributed by atoms with Crippen LogP contribution < -0.4 is 5.73 Å². The molecule has 1 rings (SSSR count). The predicted octanol–water partition coefficient (Wildman–Crippen LogP) is 1.06. The Morgan fingerprint density at radius 1 is 1.75 bits per heavy atom. The number of hydrogen-bond acceptors (Lipinski definition) is 2. The number of aryl methyl sites for hydroxylation is 1. The first-order valence-corrected chi connectivity index (χ1v) is 2.97. The zero-order valence-electron chi connectivity index (χ0n) is 4.40. The van der Waals surface area contributed by atoms with Gasteiger partial charge in [-0.3, -0.25) is 0 Å². The van der Waals surface area contributed by atoms with Gasteiger partial charge in [0, 0.05) is 0 Å². The molecule has 1 heterocycles. The highest BCUT2D eigenvalue weighted by atomic mass is 79.9. The van der Waals surface area contributed by atoms with Crippen molar-refractivity contribution in [2.24, 2.45) is 0 Å². The van der Waals surface area contributed by atoms with E-state index in [-0.39, 0.29) is 0 Å². The first-order chi connectivity index (χ1) is 3.70. The number of aromatic amines is 1. The maximum absolute atomic E-state index is 5.35. The highest BCUT2D eigenvalue weighted by Gasteiger charge is 1.96. The van der Waals surface area contributed by atoms with Gasteiger partial charge < -0.3 is 10.7 Å². The fraction of sp³-hybridized carbons (Fsp3) is 0.250. The molecule has 0 unspecified atom stereocenters. The van der Waals surface area contributed by atoms with Crippen molar-refractivity contribution in [3.05, 3.63) is 10.4 Å². The van der Waals surface area contributed by atoms with Gasteiger partial charge in [0.2, 0.25) is 0 Å². The summed E-state index contributed by atoms with van der Waals surface area (Å²) in [6.07, 6.45) is 0. The molecule has 8 heavy (non-hydrogen) atoms. The molecule has 0 fully saturated rings. The number of anilines is 1. The highest BCUT2D eigenvalue weighted by molar-refractivity contribution is 9.10. The Morgan fingerprint density at radius 3 is 2.50 bits per heavy atom. The van der Waals surface area contributed by atoms with Crippen molar-refractivity contribution >= 4 is 21.7 Å². The molecule has 0 amide bonds. The third-order valence-corrected chi connectivity index (χ3v) is 1.41. The van der Waals surface area contributed by atoms with E-state index in [0.29, 0.717) is 5.82 Å². The molecule has 1 aromatic rings. The zero-order chi connectivity index (χ0) is 6.15. The minimum Gasteiger partial charge on any atom is -0.381 e. The van der Waals surface area contributed by atoms with Crippen LogP contribution in [-0.4, -0.2) is 9.97 Å². The highest BCUT2D eigenvalue weighted by Crippen LogP contribution is 2.13. The van der Waals surface area contributed by atoms with Gasteiger partial charge in [0.05, 0.1) is 0 Å². The summed E-state index contributed by atoms with van der Waals surface area (Å²) in [5.74, 6) is 1.34. The number of nitrogen functional groups attached to an aromatic ring is 1. The quantitative estimate of drug-likeness (QED) is 0.620. The Bertz CT molecular complexity index is 174. The van der Waals surface area contributed by atoms with Gasteiger partial charge in [-0.15, -0.1) is 0 Å². The Labute approximate surface area is 55.4 Å². The Kier molecular flexibility index (Phi) is 1.25. The van der Waals surface area contributed by atoms with Crippen molar-refractivity contribution < 1.29 is 0 Å². The monoisotopic (exact) mass is 175 g/mol. The number of nitrogens with two attached hydrogens (primary N) is 1. The Balaban J connectivity index is 3.14. The number of H-pyrrole nitrogens is 1. The number of aromatic nitrogens is 2. The fourth-order valence-corrected chi connectivity index (χ4v) is 0.856. The molecule has 0 saturated carbocycles. The van der Waals surface area contributed by atoms with Gasteiger partial charge in [0.1, 0.15) is 10.4 Å². The van der Waals surface area contributed by atoms with Crippen molar-refractivity contribution in [2.45, 2.75) is 6.92 Å². The van der Waals surface area contributed by atoms with E-state index in [2.05, 4.69) is 25.9 Å². The van der Waals surface area contributed by atoms with Gasteiger partial charge in [0.15, 0.2) is 5.82 Å². The number of halogens is 1. The lowest BCUT2D eigenvalue weighted by atomic mass is 10.8. The normalized spacial score (nSPS) is 9.75. The first kappa shape index (κ1) is 5.62. The van der Waals surface area contributed by atoms with Crippen molar-refractivity contribution in [2.75, 3.05) is 5.73 Å². The molecule has 4 heteroatoms. The van der Waals surface area contributed by atoms with E-state index in [1.165, 1.54) is 0 Å². The molecule has 3 nitrogen and oxygen atoms in total. The van der Waals surface area contributed by atoms with Crippen LogP contribution in [0.2, 0.25) is 0 Å². The molecule has 0 atom stereocenters. The average molecular weight is 176 g/mol. The van der Waals surface area contributed by atoms with Crippen LogP contribution in [0.25, 0.3) is 0 Å². The number of imidazole rings is 1. The first-order valence-electron chi connectivity index (χ1n) is 2.17. The largest absolute Gasteiger partial charge is 0.381 e. The van der Waals surface area contributed by atoms with Gasteiger partial charge in [-0.05, 0) is 22.9 Å². The van der Waals surface area contributed by atoms with Crippen LogP contribution in [0.15, 0.2) is 4.60 Å². The van der Waals surface area contributed by atoms with E-state index >= 15 is 0 Å². The van der Waals surface area contributed by atoms with Gasteiger partial charge in [-0.1, -0.05) is 0 Å². The van der Waals surface area contributed by atoms with E-state index in [1.807, 2.05) is 6.92 Å². The van der Waals surface area contributed by atoms with Crippen LogP contribution in [0.1, 0.15) is 5.82 Å². The van der Waals surface area contributed by atoms with Gasteiger partial charge in [-0.2, -0.15) is 0 Å². The van der Waals surface area contributed by atoms with Gasteiger partial charge in [-0.25, -0.2) is 4.98 Å². The molecule has 0 aromatic carbocycles. The molecule has 0 aliphatic carbocycles. The second-order valence-electron chi connectivity index (χ2n) is 1.52. The summed E-state index contributed by atoms with van der Waals surface area (Å²) in [4.78, 5) is 6.77. The third-order valence-electron chi connectivity index (χ3n) is 0.804. The van der Waals surface area contributed by atoms with Crippen LogP contribution in [0.4, 0.5) is 5.82 Å². The zero-order valence-corrected chi connectivity index (χ0v) is 5.99. The summed E-state index contributed by atoms with van der Waals surface area (Å²) in [6, 6.07) is 0. The Hall–Kier alpha value is -0.510. The van der Waals surface area contributed by atoms with Crippen molar-refractivity contribution in [1.82, 2.24) is 9.97 Å². The average Bonchev–Trinajstić information content (AvgIpc) is 1.85. The molecule has 0 radical (unpaired) electrons. The molecule has 1 aromatic heterocycles. The number of nitrogens with one attached hydrogen (secondary N) is 1. The maximum atomic E-state index is 5.35. The second kappa shape index (κ2) is 1.78. The summed E-state index contributed by atoms with van der Waals surface area (Å²) in [5, 5.41) is 0. The van der Waals surface area contributed by atoms with E-state index in [4.69, 9.17) is 5.73 Å². The molecule has 44 valence electrons. The van der Waals surface area contributed by atoms with Gasteiger partial charge >= 0.3 is 0 Å². The standard InChI is InChI=1S/C4H6BrN3/c1-2-7-3(5)4(6)8-2/h6H2,1H3,(H,7,8). The molecule has 0 aliphatic rings. The lowest BCUT2D eigenvalue weighted by Gasteiger charge is -1.77. The smallest absolute Gasteiger partial charge is 0.156 e. The summed E-state index contributed by atoms with van der Waals surface area (Å²) in [6.45, 7) is 1.85. The lowest BCUT2D eigenvalue weighted by Crippen LogP contribution is -1.83. The molecule has 0 spiro atoms. The molecule has 0 saturated heterocycles. The van der Waals surface area contributed by atoms with E-state index in [9.17, 15) is 0 Å². The number of hydrogen-bond donors (Lipinski definition) is 2. The van der Waals surface area contributed by atoms with Crippen LogP contribution >= 0.6 is 15.9 Å². The maximum Gasteiger partial charge on any atom is 0.156 e. The van der Waals surface area contributed by atoms with E-state index in [1.54, 1.807) is 0 Å².